The zero-order valence-corrected chi connectivity index (χ0v) is 39.6. The molecular weight excluding hydrogens is 869 g/mol. The maximum absolute atomic E-state index is 2.47. The minimum absolute atomic E-state index is 1.06. The van der Waals surface area contributed by atoms with Crippen LogP contribution in [-0.2, 0) is 0 Å². The molecule has 0 saturated heterocycles. The number of fused-ring (bicyclic) bond motifs is 4. The van der Waals surface area contributed by atoms with Gasteiger partial charge in [0.15, 0.2) is 0 Å². The molecule has 1 heterocycles. The molecule has 0 amide bonds. The molecule has 0 aliphatic rings. The summed E-state index contributed by atoms with van der Waals surface area (Å²) >= 11 is 0. The van der Waals surface area contributed by atoms with Crippen LogP contribution in [0.1, 0.15) is 0 Å². The molecule has 0 aliphatic carbocycles. The third kappa shape index (κ3) is 7.63. The highest BCUT2D eigenvalue weighted by Gasteiger charge is 2.24. The van der Waals surface area contributed by atoms with Crippen molar-refractivity contribution in [3.8, 4) is 72.4 Å². The van der Waals surface area contributed by atoms with Crippen molar-refractivity contribution in [1.82, 2.24) is 4.57 Å². The number of benzene rings is 12. The number of anilines is 3. The molecule has 13 rings (SSSR count). The monoisotopic (exact) mass is 916 g/mol. The molecule has 2 nitrogen and oxygen atoms in total. The molecule has 0 saturated carbocycles. The lowest BCUT2D eigenvalue weighted by Crippen LogP contribution is -2.12. The number of para-hydroxylation sites is 3. The van der Waals surface area contributed by atoms with E-state index < -0.39 is 0 Å². The molecule has 2 heteroatoms. The zero-order chi connectivity index (χ0) is 47.8. The van der Waals surface area contributed by atoms with Crippen molar-refractivity contribution in [3.05, 3.63) is 291 Å². The van der Waals surface area contributed by atoms with Crippen molar-refractivity contribution in [3.63, 3.8) is 0 Å². The summed E-state index contributed by atoms with van der Waals surface area (Å²) < 4.78 is 2.43. The first-order valence-electron chi connectivity index (χ1n) is 24.8. The number of rotatable bonds is 10. The first-order valence-corrected chi connectivity index (χ1v) is 24.8. The van der Waals surface area contributed by atoms with Gasteiger partial charge in [0, 0.05) is 39.0 Å². The Balaban J connectivity index is 1.01. The standard InChI is InChI=1S/C70H48N2/c1-4-20-51(21-5-1)61-31-12-13-33-65(61)69-62(53-22-6-2-7-23-53)35-19-39-68(69)71(57-46-44-50(45-47-57)49-40-42-54(43-41-49)60-34-17-25-52-24-10-11-30-59(52)60)58-29-16-26-55(48-58)63-36-18-37-66-64-32-14-15-38-67(64)72(70(63)66)56-27-8-3-9-28-56/h1-48H. The third-order valence-electron chi connectivity index (χ3n) is 14.2. The Morgan fingerprint density at radius 2 is 0.750 bits per heavy atom. The molecule has 1 aromatic heterocycles. The lowest BCUT2D eigenvalue weighted by atomic mass is 9.87. The molecule has 72 heavy (non-hydrogen) atoms. The smallest absolute Gasteiger partial charge is 0.0619 e. The lowest BCUT2D eigenvalue weighted by Gasteiger charge is -2.30. The van der Waals surface area contributed by atoms with E-state index in [0.29, 0.717) is 0 Å². The molecule has 0 aliphatic heterocycles. The summed E-state index contributed by atoms with van der Waals surface area (Å²) in [5.41, 5.74) is 20.8. The Kier molecular flexibility index (Phi) is 10.9. The highest BCUT2D eigenvalue weighted by Crippen LogP contribution is 2.49. The summed E-state index contributed by atoms with van der Waals surface area (Å²) in [6.07, 6.45) is 0. The zero-order valence-electron chi connectivity index (χ0n) is 39.6. The molecule has 13 aromatic rings. The van der Waals surface area contributed by atoms with Crippen LogP contribution >= 0.6 is 0 Å². The summed E-state index contributed by atoms with van der Waals surface area (Å²) in [5, 5.41) is 4.97. The second kappa shape index (κ2) is 18.4. The van der Waals surface area contributed by atoms with Crippen molar-refractivity contribution < 1.29 is 0 Å². The van der Waals surface area contributed by atoms with Gasteiger partial charge in [0.25, 0.3) is 0 Å². The quantitative estimate of drug-likeness (QED) is 0.133. The van der Waals surface area contributed by atoms with Gasteiger partial charge in [-0.25, -0.2) is 0 Å². The van der Waals surface area contributed by atoms with Gasteiger partial charge in [-0.3, -0.25) is 0 Å². The van der Waals surface area contributed by atoms with Gasteiger partial charge in [-0.2, -0.15) is 0 Å². The van der Waals surface area contributed by atoms with Crippen molar-refractivity contribution in [2.45, 2.75) is 0 Å². The summed E-state index contributed by atoms with van der Waals surface area (Å²) in [7, 11) is 0. The first kappa shape index (κ1) is 42.6. The van der Waals surface area contributed by atoms with Gasteiger partial charge < -0.3 is 9.47 Å². The predicted molar refractivity (Wildman–Crippen MR) is 306 cm³/mol. The number of hydrogen-bond donors (Lipinski definition) is 0. The molecule has 0 atom stereocenters. The Bertz CT molecular complexity index is 4050. The van der Waals surface area contributed by atoms with E-state index in [0.717, 1.165) is 50.6 Å². The van der Waals surface area contributed by atoms with E-state index >= 15 is 0 Å². The van der Waals surface area contributed by atoms with Crippen molar-refractivity contribution in [2.75, 3.05) is 4.90 Å². The van der Waals surface area contributed by atoms with Crippen LogP contribution in [0.3, 0.4) is 0 Å². The molecule has 0 fully saturated rings. The number of hydrogen-bond acceptors (Lipinski definition) is 1. The van der Waals surface area contributed by atoms with Crippen LogP contribution in [0.25, 0.3) is 105 Å². The third-order valence-corrected chi connectivity index (χ3v) is 14.2. The van der Waals surface area contributed by atoms with E-state index in [1.54, 1.807) is 0 Å². The van der Waals surface area contributed by atoms with Crippen molar-refractivity contribution in [2.24, 2.45) is 0 Å². The Morgan fingerprint density at radius 1 is 0.264 bits per heavy atom. The van der Waals surface area contributed by atoms with Gasteiger partial charge in [-0.05, 0) is 115 Å². The van der Waals surface area contributed by atoms with Gasteiger partial charge in [0.05, 0.1) is 16.7 Å². The fourth-order valence-electron chi connectivity index (χ4n) is 10.9. The van der Waals surface area contributed by atoms with E-state index in [9.17, 15) is 0 Å². The highest BCUT2D eigenvalue weighted by atomic mass is 15.1. The van der Waals surface area contributed by atoms with Gasteiger partial charge in [-0.15, -0.1) is 0 Å². The number of aromatic nitrogens is 1. The molecule has 0 N–H and O–H groups in total. The van der Waals surface area contributed by atoms with E-state index in [1.807, 2.05) is 0 Å². The average Bonchev–Trinajstić information content (AvgIpc) is 3.81. The van der Waals surface area contributed by atoms with Crippen LogP contribution in [0.5, 0.6) is 0 Å². The Morgan fingerprint density at radius 3 is 1.51 bits per heavy atom. The predicted octanol–water partition coefficient (Wildman–Crippen LogP) is 19.4. The highest BCUT2D eigenvalue weighted by molar-refractivity contribution is 6.14. The van der Waals surface area contributed by atoms with E-state index in [2.05, 4.69) is 301 Å². The largest absolute Gasteiger partial charge is 0.310 e. The summed E-state index contributed by atoms with van der Waals surface area (Å²) in [5.74, 6) is 0. The molecule has 0 radical (unpaired) electrons. The lowest BCUT2D eigenvalue weighted by molar-refractivity contribution is 1.18. The van der Waals surface area contributed by atoms with Gasteiger partial charge in [-0.1, -0.05) is 243 Å². The van der Waals surface area contributed by atoms with Crippen LogP contribution in [0, 0.1) is 0 Å². The van der Waals surface area contributed by atoms with Crippen LogP contribution in [0.4, 0.5) is 17.1 Å². The average molecular weight is 917 g/mol. The van der Waals surface area contributed by atoms with E-state index in [1.165, 1.54) is 71.5 Å². The van der Waals surface area contributed by atoms with E-state index in [-0.39, 0.29) is 0 Å². The van der Waals surface area contributed by atoms with Crippen LogP contribution in [0.15, 0.2) is 291 Å². The fourth-order valence-corrected chi connectivity index (χ4v) is 10.9. The molecule has 338 valence electrons. The molecular formula is C70H48N2. The second-order valence-corrected chi connectivity index (χ2v) is 18.4. The minimum atomic E-state index is 1.06. The number of nitrogens with zero attached hydrogens (tertiary/aromatic N) is 2. The van der Waals surface area contributed by atoms with Crippen molar-refractivity contribution >= 4 is 49.6 Å². The van der Waals surface area contributed by atoms with Gasteiger partial charge >= 0.3 is 0 Å². The summed E-state index contributed by atoms with van der Waals surface area (Å²) in [4.78, 5) is 2.47. The summed E-state index contributed by atoms with van der Waals surface area (Å²) in [6, 6.07) is 106. The van der Waals surface area contributed by atoms with Crippen LogP contribution < -0.4 is 4.90 Å². The minimum Gasteiger partial charge on any atom is -0.310 e. The van der Waals surface area contributed by atoms with Crippen LogP contribution in [-0.4, -0.2) is 4.57 Å². The van der Waals surface area contributed by atoms with E-state index in [4.69, 9.17) is 0 Å². The maximum atomic E-state index is 2.47. The summed E-state index contributed by atoms with van der Waals surface area (Å²) in [6.45, 7) is 0. The molecule has 12 aromatic carbocycles. The second-order valence-electron chi connectivity index (χ2n) is 18.4. The maximum Gasteiger partial charge on any atom is 0.0619 e. The van der Waals surface area contributed by atoms with Crippen LogP contribution in [0.2, 0.25) is 0 Å². The normalized spacial score (nSPS) is 11.3. The van der Waals surface area contributed by atoms with Crippen molar-refractivity contribution in [1.29, 1.82) is 0 Å². The molecule has 0 spiro atoms. The topological polar surface area (TPSA) is 8.17 Å². The first-order chi connectivity index (χ1) is 35.7. The van der Waals surface area contributed by atoms with Gasteiger partial charge in [0.2, 0.25) is 0 Å². The Hall–Kier alpha value is -9.50. The SMILES string of the molecule is c1ccc(-c2ccccc2-c2c(-c3ccccc3)cccc2N(c2ccc(-c3ccc(-c4cccc5ccccc45)cc3)cc2)c2cccc(-c3cccc4c5ccccc5n(-c5ccccc5)c34)c2)cc1. The van der Waals surface area contributed by atoms with Gasteiger partial charge in [0.1, 0.15) is 0 Å². The Labute approximate surface area is 420 Å². The fraction of sp³-hybridized carbons (Fsp3) is 0. The molecule has 0 bridgehead atoms. The molecule has 0 unspecified atom stereocenters.